The summed E-state index contributed by atoms with van der Waals surface area (Å²) in [5, 5.41) is 0. The maximum atomic E-state index is 12.0. The van der Waals surface area contributed by atoms with E-state index in [1.54, 1.807) is 0 Å². The number of amides is 1. The first kappa shape index (κ1) is 21.1. The number of hydrogen-bond acceptors (Lipinski definition) is 5. The van der Waals surface area contributed by atoms with Crippen molar-refractivity contribution in [2.24, 2.45) is 5.92 Å². The molecule has 0 saturated carbocycles. The van der Waals surface area contributed by atoms with Gasteiger partial charge >= 0.3 is 0 Å². The van der Waals surface area contributed by atoms with Crippen molar-refractivity contribution >= 4 is 5.91 Å². The van der Waals surface area contributed by atoms with Crippen LogP contribution < -0.4 is 4.74 Å². The van der Waals surface area contributed by atoms with E-state index < -0.39 is 0 Å². The summed E-state index contributed by atoms with van der Waals surface area (Å²) in [6.07, 6.45) is 0.634. The van der Waals surface area contributed by atoms with Gasteiger partial charge < -0.3 is 19.0 Å². The van der Waals surface area contributed by atoms with Crippen molar-refractivity contribution in [1.29, 1.82) is 0 Å². The van der Waals surface area contributed by atoms with Crippen LogP contribution in [0.5, 0.6) is 11.5 Å². The van der Waals surface area contributed by atoms with Gasteiger partial charge in [0.2, 0.25) is 11.8 Å². The number of rotatable bonds is 8. The molecule has 31 heavy (non-hydrogen) atoms. The Balaban J connectivity index is 1.42. The second kappa shape index (κ2) is 9.35. The summed E-state index contributed by atoms with van der Waals surface area (Å²) in [6, 6.07) is 17.5. The number of ether oxygens (including phenoxy) is 1. The summed E-state index contributed by atoms with van der Waals surface area (Å²) in [4.78, 5) is 20.9. The fraction of sp³-hybridized carbons (Fsp3) is 0.360. The normalized spacial score (nSPS) is 16.3. The fourth-order valence-electron chi connectivity index (χ4n) is 4.06. The molecule has 3 aromatic rings. The molecule has 6 nitrogen and oxygen atoms in total. The number of aromatic nitrogens is 1. The molecule has 2 aromatic carbocycles. The van der Waals surface area contributed by atoms with Crippen molar-refractivity contribution < 1.29 is 13.9 Å². The third-order valence-corrected chi connectivity index (χ3v) is 5.62. The number of carbonyl (C=O) groups excluding carboxylic acids is 1. The minimum absolute atomic E-state index is 0.262. The second-order valence-electron chi connectivity index (χ2n) is 8.16. The number of oxazole rings is 1. The Hall–Kier alpha value is -3.12. The van der Waals surface area contributed by atoms with Gasteiger partial charge in [0.05, 0.1) is 5.69 Å². The average Bonchev–Trinajstić information content (AvgIpc) is 3.30. The Morgan fingerprint density at radius 2 is 1.94 bits per heavy atom. The van der Waals surface area contributed by atoms with Crippen LogP contribution in [0.25, 0.3) is 11.5 Å². The van der Waals surface area contributed by atoms with Crippen LogP contribution in [0.2, 0.25) is 0 Å². The first-order chi connectivity index (χ1) is 15.0. The van der Waals surface area contributed by atoms with E-state index in [2.05, 4.69) is 11.9 Å². The van der Waals surface area contributed by atoms with Crippen LogP contribution in [0.3, 0.4) is 0 Å². The van der Waals surface area contributed by atoms with E-state index >= 15 is 0 Å². The van der Waals surface area contributed by atoms with E-state index in [4.69, 9.17) is 14.1 Å². The summed E-state index contributed by atoms with van der Waals surface area (Å²) >= 11 is 0. The summed E-state index contributed by atoms with van der Waals surface area (Å²) in [5.74, 6) is 3.57. The van der Waals surface area contributed by atoms with Crippen LogP contribution in [-0.4, -0.2) is 47.4 Å². The number of benzene rings is 2. The van der Waals surface area contributed by atoms with E-state index in [0.29, 0.717) is 24.8 Å². The van der Waals surface area contributed by atoms with Crippen LogP contribution in [0.1, 0.15) is 24.8 Å². The van der Waals surface area contributed by atoms with Crippen molar-refractivity contribution in [3.05, 3.63) is 66.1 Å². The molecule has 0 unspecified atom stereocenters. The Morgan fingerprint density at radius 1 is 1.16 bits per heavy atom. The highest BCUT2D eigenvalue weighted by atomic mass is 16.5. The summed E-state index contributed by atoms with van der Waals surface area (Å²) in [7, 11) is 2.07. The van der Waals surface area contributed by atoms with Gasteiger partial charge in [-0.05, 0) is 57.1 Å². The molecule has 0 spiro atoms. The Morgan fingerprint density at radius 3 is 2.68 bits per heavy atom. The largest absolute Gasteiger partial charge is 0.457 e. The minimum atomic E-state index is 0.262. The van der Waals surface area contributed by atoms with Crippen molar-refractivity contribution in [1.82, 2.24) is 14.8 Å². The van der Waals surface area contributed by atoms with Crippen molar-refractivity contribution in [3.63, 3.8) is 0 Å². The van der Waals surface area contributed by atoms with Crippen molar-refractivity contribution in [3.8, 4) is 23.0 Å². The molecule has 1 fully saturated rings. The lowest BCUT2D eigenvalue weighted by atomic mass is 10.1. The third kappa shape index (κ3) is 5.14. The number of para-hydroxylation sites is 1. The van der Waals surface area contributed by atoms with Crippen LogP contribution in [0.4, 0.5) is 0 Å². The Bertz CT molecular complexity index is 1030. The third-order valence-electron chi connectivity index (χ3n) is 5.62. The molecule has 6 heteroatoms. The number of nitrogens with zero attached hydrogens (tertiary/aromatic N) is 3. The second-order valence-corrected chi connectivity index (χ2v) is 8.16. The molecule has 1 saturated heterocycles. The molecule has 162 valence electrons. The zero-order valence-corrected chi connectivity index (χ0v) is 18.4. The van der Waals surface area contributed by atoms with Crippen LogP contribution in [0.15, 0.2) is 59.0 Å². The van der Waals surface area contributed by atoms with Gasteiger partial charge in [0, 0.05) is 38.2 Å². The van der Waals surface area contributed by atoms with Gasteiger partial charge in [0.25, 0.3) is 0 Å². The van der Waals surface area contributed by atoms with Crippen molar-refractivity contribution in [2.45, 2.75) is 26.8 Å². The Labute approximate surface area is 183 Å². The molecule has 1 aliphatic rings. The SMILES string of the molecule is CCN1C[C@H](CN(C)Cc2nc(-c3cccc(Oc4ccccc4)c3)oc2C)CC1=O. The smallest absolute Gasteiger partial charge is 0.226 e. The summed E-state index contributed by atoms with van der Waals surface area (Å²) < 4.78 is 11.9. The molecule has 0 bridgehead atoms. The quantitative estimate of drug-likeness (QED) is 0.528. The molecular formula is C25H29N3O3. The lowest BCUT2D eigenvalue weighted by Gasteiger charge is -2.20. The molecule has 1 aromatic heterocycles. The van der Waals surface area contributed by atoms with E-state index in [1.165, 1.54) is 0 Å². The first-order valence-electron chi connectivity index (χ1n) is 10.8. The maximum absolute atomic E-state index is 12.0. The van der Waals surface area contributed by atoms with Gasteiger partial charge in [0.15, 0.2) is 0 Å². The van der Waals surface area contributed by atoms with Gasteiger partial charge in [-0.25, -0.2) is 4.98 Å². The zero-order valence-electron chi connectivity index (χ0n) is 18.4. The van der Waals surface area contributed by atoms with Crippen molar-refractivity contribution in [2.75, 3.05) is 26.7 Å². The number of hydrogen-bond donors (Lipinski definition) is 0. The molecule has 0 N–H and O–H groups in total. The first-order valence-corrected chi connectivity index (χ1v) is 10.8. The minimum Gasteiger partial charge on any atom is -0.457 e. The lowest BCUT2D eigenvalue weighted by Crippen LogP contribution is -2.28. The zero-order chi connectivity index (χ0) is 21.8. The van der Waals surface area contributed by atoms with Crippen LogP contribution in [-0.2, 0) is 11.3 Å². The van der Waals surface area contributed by atoms with E-state index in [9.17, 15) is 4.79 Å². The highest BCUT2D eigenvalue weighted by Gasteiger charge is 2.29. The summed E-state index contributed by atoms with van der Waals surface area (Å²) in [5.41, 5.74) is 1.80. The predicted molar refractivity (Wildman–Crippen MR) is 120 cm³/mol. The molecular weight excluding hydrogens is 390 g/mol. The molecule has 2 heterocycles. The fourth-order valence-corrected chi connectivity index (χ4v) is 4.06. The predicted octanol–water partition coefficient (Wildman–Crippen LogP) is 4.74. The molecule has 0 radical (unpaired) electrons. The van der Waals surface area contributed by atoms with Crippen LogP contribution in [0, 0.1) is 12.8 Å². The molecule has 1 amide bonds. The number of aryl methyl sites for hydroxylation is 1. The maximum Gasteiger partial charge on any atom is 0.226 e. The van der Waals surface area contributed by atoms with Gasteiger partial charge in [-0.2, -0.15) is 0 Å². The van der Waals surface area contributed by atoms with Gasteiger partial charge in [-0.3, -0.25) is 4.79 Å². The molecule has 0 aliphatic carbocycles. The van der Waals surface area contributed by atoms with Gasteiger partial charge in [-0.15, -0.1) is 0 Å². The highest BCUT2D eigenvalue weighted by Crippen LogP contribution is 2.28. The number of likely N-dealkylation sites (tertiary alicyclic amines) is 1. The molecule has 4 rings (SSSR count). The van der Waals surface area contributed by atoms with Gasteiger partial charge in [0.1, 0.15) is 17.3 Å². The average molecular weight is 420 g/mol. The topological polar surface area (TPSA) is 58.8 Å². The Kier molecular flexibility index (Phi) is 6.37. The van der Waals surface area contributed by atoms with Crippen LogP contribution >= 0.6 is 0 Å². The van der Waals surface area contributed by atoms with E-state index in [1.807, 2.05) is 73.3 Å². The highest BCUT2D eigenvalue weighted by molar-refractivity contribution is 5.78. The lowest BCUT2D eigenvalue weighted by molar-refractivity contribution is -0.127. The van der Waals surface area contributed by atoms with E-state index in [0.717, 1.165) is 48.2 Å². The summed E-state index contributed by atoms with van der Waals surface area (Å²) in [6.45, 7) is 7.16. The molecule has 1 atom stereocenters. The monoisotopic (exact) mass is 419 g/mol. The number of carbonyl (C=O) groups is 1. The van der Waals surface area contributed by atoms with E-state index in [-0.39, 0.29) is 5.91 Å². The van der Waals surface area contributed by atoms with Gasteiger partial charge in [-0.1, -0.05) is 24.3 Å². The molecule has 1 aliphatic heterocycles. The standard InChI is InChI=1S/C25H29N3O3/c1-4-28-16-19(13-24(28)29)15-27(3)17-23-18(2)30-25(26-23)20-9-8-12-22(14-20)31-21-10-6-5-7-11-21/h5-12,14,19H,4,13,15-17H2,1-3H3/t19-/m0/s1.